The maximum atomic E-state index is 13.7. The number of ketones is 2. The molecular weight excluding hydrogens is 376 g/mol. The lowest BCUT2D eigenvalue weighted by molar-refractivity contribution is -0.159. The molecule has 0 aromatic rings. The van der Waals surface area contributed by atoms with Crippen molar-refractivity contribution >= 4 is 17.5 Å². The van der Waals surface area contributed by atoms with E-state index in [1.807, 2.05) is 6.92 Å². The van der Waals surface area contributed by atoms with E-state index in [1.54, 1.807) is 0 Å². The summed E-state index contributed by atoms with van der Waals surface area (Å²) in [6.45, 7) is 9.17. The van der Waals surface area contributed by atoms with Crippen LogP contribution < -0.4 is 0 Å². The van der Waals surface area contributed by atoms with Gasteiger partial charge in [0.2, 0.25) is 0 Å². The van der Waals surface area contributed by atoms with Gasteiger partial charge in [0, 0.05) is 31.1 Å². The number of fused-ring (bicyclic) bond motifs is 5. The summed E-state index contributed by atoms with van der Waals surface area (Å²) in [6, 6.07) is 0. The van der Waals surface area contributed by atoms with Crippen LogP contribution in [-0.4, -0.2) is 24.1 Å². The molecule has 0 spiro atoms. The smallest absolute Gasteiger partial charge is 0.305 e. The van der Waals surface area contributed by atoms with Gasteiger partial charge in [-0.25, -0.2) is 0 Å². The molecule has 8 atom stereocenters. The third-order valence-corrected chi connectivity index (χ3v) is 10.2. The van der Waals surface area contributed by atoms with Crippen LogP contribution in [0.3, 0.4) is 0 Å². The van der Waals surface area contributed by atoms with Gasteiger partial charge in [-0.15, -0.1) is 0 Å². The molecule has 30 heavy (non-hydrogen) atoms. The summed E-state index contributed by atoms with van der Waals surface area (Å²) in [5.41, 5.74) is -0.0651. The van der Waals surface area contributed by atoms with Crippen LogP contribution in [0.2, 0.25) is 0 Å². The van der Waals surface area contributed by atoms with Crippen molar-refractivity contribution in [2.24, 2.45) is 46.3 Å². The van der Waals surface area contributed by atoms with Crippen LogP contribution in [0.1, 0.15) is 91.9 Å². The van der Waals surface area contributed by atoms with Gasteiger partial charge < -0.3 is 4.74 Å². The zero-order chi connectivity index (χ0) is 21.7. The fourth-order valence-corrected chi connectivity index (χ4v) is 8.47. The molecule has 4 aliphatic rings. The lowest BCUT2D eigenvalue weighted by Gasteiger charge is -2.59. The molecule has 0 heterocycles. The quantitative estimate of drug-likeness (QED) is 0.565. The Morgan fingerprint density at radius 3 is 2.60 bits per heavy atom. The Bertz CT molecular complexity index is 714. The monoisotopic (exact) mass is 416 g/mol. The van der Waals surface area contributed by atoms with Gasteiger partial charge in [0.25, 0.3) is 0 Å². The minimum absolute atomic E-state index is 0.114. The Morgan fingerprint density at radius 2 is 1.87 bits per heavy atom. The van der Waals surface area contributed by atoms with Crippen molar-refractivity contribution in [3.05, 3.63) is 0 Å². The molecule has 0 N–H and O–H groups in total. The van der Waals surface area contributed by atoms with Gasteiger partial charge in [0.1, 0.15) is 11.6 Å². The van der Waals surface area contributed by atoms with E-state index in [4.69, 9.17) is 4.74 Å². The molecule has 4 rings (SSSR count). The first kappa shape index (κ1) is 22.0. The summed E-state index contributed by atoms with van der Waals surface area (Å²) in [5.74, 6) is 3.59. The molecule has 1 unspecified atom stereocenters. The Hall–Kier alpha value is -1.19. The van der Waals surface area contributed by atoms with Crippen molar-refractivity contribution in [2.75, 3.05) is 6.61 Å². The second kappa shape index (κ2) is 8.06. The van der Waals surface area contributed by atoms with Crippen LogP contribution in [0.4, 0.5) is 0 Å². The Labute approximate surface area is 181 Å². The first-order valence-corrected chi connectivity index (χ1v) is 12.4. The highest BCUT2D eigenvalue weighted by atomic mass is 16.5. The Kier molecular flexibility index (Phi) is 5.91. The van der Waals surface area contributed by atoms with Crippen molar-refractivity contribution in [3.63, 3.8) is 0 Å². The average Bonchev–Trinajstić information content (AvgIpc) is 3.07. The van der Waals surface area contributed by atoms with E-state index < -0.39 is 0 Å². The SMILES string of the molecule is CCOC(=O)CC[C@@H](C)[C@H]1CC[C@H]2[C@@H]3CCC4CC(=O)CC[C@]4(C)[C@H]3CC(=O)[C@]12C. The first-order chi connectivity index (χ1) is 14.2. The topological polar surface area (TPSA) is 60.4 Å². The molecule has 0 aliphatic heterocycles. The lowest BCUT2D eigenvalue weighted by Crippen LogP contribution is -2.57. The molecule has 4 fully saturated rings. The fourth-order valence-electron chi connectivity index (χ4n) is 8.47. The van der Waals surface area contributed by atoms with Crippen molar-refractivity contribution < 1.29 is 19.1 Å². The predicted molar refractivity (Wildman–Crippen MR) is 116 cm³/mol. The van der Waals surface area contributed by atoms with E-state index in [0.29, 0.717) is 72.9 Å². The van der Waals surface area contributed by atoms with Crippen molar-refractivity contribution in [3.8, 4) is 0 Å². The maximum Gasteiger partial charge on any atom is 0.305 e. The third kappa shape index (κ3) is 3.37. The molecule has 0 amide bonds. The van der Waals surface area contributed by atoms with E-state index in [0.717, 1.165) is 38.5 Å². The van der Waals surface area contributed by atoms with Crippen molar-refractivity contribution in [1.29, 1.82) is 0 Å². The summed E-state index contributed by atoms with van der Waals surface area (Å²) < 4.78 is 5.12. The predicted octanol–water partition coefficient (Wildman–Crippen LogP) is 5.37. The van der Waals surface area contributed by atoms with Gasteiger partial charge in [-0.3, -0.25) is 14.4 Å². The lowest BCUT2D eigenvalue weighted by atomic mass is 9.44. The molecule has 168 valence electrons. The van der Waals surface area contributed by atoms with E-state index in [2.05, 4.69) is 20.8 Å². The number of hydrogen-bond acceptors (Lipinski definition) is 4. The van der Waals surface area contributed by atoms with Gasteiger partial charge in [0.15, 0.2) is 0 Å². The van der Waals surface area contributed by atoms with Gasteiger partial charge in [-0.2, -0.15) is 0 Å². The molecular formula is C26H40O4. The van der Waals surface area contributed by atoms with Gasteiger partial charge in [-0.1, -0.05) is 20.8 Å². The van der Waals surface area contributed by atoms with Crippen LogP contribution in [0.25, 0.3) is 0 Å². The molecule has 4 heteroatoms. The van der Waals surface area contributed by atoms with Crippen LogP contribution >= 0.6 is 0 Å². The number of rotatable bonds is 5. The van der Waals surface area contributed by atoms with Crippen LogP contribution in [0, 0.1) is 46.3 Å². The standard InChI is InChI=1S/C26H40O4/c1-5-30-24(29)11-6-16(2)20-9-10-21-19-8-7-17-14-18(27)12-13-25(17,3)22(19)15-23(28)26(20,21)4/h16-17,19-22H,5-15H2,1-4H3/t16-,17?,19+,20-,21+,22+,25+,26-/m1/s1. The second-order valence-corrected chi connectivity index (χ2v) is 11.3. The number of ether oxygens (including phenoxy) is 1. The van der Waals surface area contributed by atoms with E-state index in [1.165, 1.54) is 6.42 Å². The molecule has 4 aliphatic carbocycles. The zero-order valence-electron chi connectivity index (χ0n) is 19.4. The Balaban J connectivity index is 1.52. The summed E-state index contributed by atoms with van der Waals surface area (Å²) >= 11 is 0. The zero-order valence-corrected chi connectivity index (χ0v) is 19.4. The summed E-state index contributed by atoms with van der Waals surface area (Å²) in [5, 5.41) is 0. The molecule has 0 aromatic carbocycles. The Morgan fingerprint density at radius 1 is 1.10 bits per heavy atom. The molecule has 4 saturated carbocycles. The minimum atomic E-state index is -0.233. The fraction of sp³-hybridized carbons (Fsp3) is 0.885. The van der Waals surface area contributed by atoms with Crippen molar-refractivity contribution in [1.82, 2.24) is 0 Å². The first-order valence-electron chi connectivity index (χ1n) is 12.4. The van der Waals surface area contributed by atoms with E-state index in [-0.39, 0.29) is 16.8 Å². The second-order valence-electron chi connectivity index (χ2n) is 11.3. The van der Waals surface area contributed by atoms with Crippen LogP contribution in [0.15, 0.2) is 0 Å². The molecule has 4 nitrogen and oxygen atoms in total. The molecule has 0 saturated heterocycles. The molecule has 0 aromatic heterocycles. The average molecular weight is 417 g/mol. The number of Topliss-reactive ketones (excluding diaryl/α,β-unsaturated/α-hetero) is 2. The number of carbonyl (C=O) groups is 3. The van der Waals surface area contributed by atoms with E-state index >= 15 is 0 Å². The highest BCUT2D eigenvalue weighted by Gasteiger charge is 2.63. The minimum Gasteiger partial charge on any atom is -0.466 e. The number of esters is 1. The maximum absolute atomic E-state index is 13.7. The normalized spacial score (nSPS) is 44.1. The van der Waals surface area contributed by atoms with Gasteiger partial charge in [0.05, 0.1) is 6.61 Å². The van der Waals surface area contributed by atoms with Gasteiger partial charge in [-0.05, 0) is 86.4 Å². The number of carbonyl (C=O) groups excluding carboxylic acids is 3. The van der Waals surface area contributed by atoms with Gasteiger partial charge >= 0.3 is 5.97 Å². The van der Waals surface area contributed by atoms with Crippen LogP contribution in [-0.2, 0) is 19.1 Å². The van der Waals surface area contributed by atoms with Crippen molar-refractivity contribution in [2.45, 2.75) is 91.9 Å². The summed E-state index contributed by atoms with van der Waals surface area (Å²) in [6.07, 6.45) is 9.02. The third-order valence-electron chi connectivity index (χ3n) is 10.2. The molecule has 0 bridgehead atoms. The van der Waals surface area contributed by atoms with Crippen LogP contribution in [0.5, 0.6) is 0 Å². The summed E-state index contributed by atoms with van der Waals surface area (Å²) in [4.78, 5) is 37.7. The highest BCUT2D eigenvalue weighted by molar-refractivity contribution is 5.87. The summed E-state index contributed by atoms with van der Waals surface area (Å²) in [7, 11) is 0. The largest absolute Gasteiger partial charge is 0.466 e. The molecule has 0 radical (unpaired) electrons. The van der Waals surface area contributed by atoms with E-state index in [9.17, 15) is 14.4 Å². The highest BCUT2D eigenvalue weighted by Crippen LogP contribution is 2.67. The number of hydrogen-bond donors (Lipinski definition) is 0.